The molecular weight excluding hydrogens is 398 g/mol. The maximum absolute atomic E-state index is 12.2. The molecule has 0 heterocycles. The van der Waals surface area contributed by atoms with E-state index in [2.05, 4.69) is 22.5 Å². The molecule has 0 aliphatic rings. The Morgan fingerprint density at radius 2 is 1.52 bits per heavy atom. The first-order valence-electron chi connectivity index (χ1n) is 9.08. The van der Waals surface area contributed by atoms with Crippen LogP contribution in [0.1, 0.15) is 34.5 Å². The van der Waals surface area contributed by atoms with Crippen LogP contribution >= 0.6 is 0 Å². The van der Waals surface area contributed by atoms with Crippen molar-refractivity contribution in [1.29, 1.82) is 0 Å². The van der Waals surface area contributed by atoms with Crippen molar-refractivity contribution in [3.05, 3.63) is 70.8 Å². The minimum atomic E-state index is -1.03. The molecule has 9 heteroatoms. The lowest BCUT2D eigenvalue weighted by molar-refractivity contribution is -0.130. The molecule has 9 nitrogen and oxygen atoms in total. The van der Waals surface area contributed by atoms with Crippen LogP contribution in [0.4, 0.5) is 0 Å². The first kappa shape index (κ1) is 25.3. The van der Waals surface area contributed by atoms with Gasteiger partial charge in [-0.05, 0) is 42.0 Å². The Balaban J connectivity index is 0.00000480. The maximum atomic E-state index is 12.2. The number of nitrogens with two attached hydrogens (primary N) is 2. The van der Waals surface area contributed by atoms with Gasteiger partial charge in [0.15, 0.2) is 0 Å². The Bertz CT molecular complexity index is 947. The minimum Gasteiger partial charge on any atom is -0.369 e. The van der Waals surface area contributed by atoms with Crippen molar-refractivity contribution in [2.24, 2.45) is 11.5 Å². The van der Waals surface area contributed by atoms with Gasteiger partial charge in [0.1, 0.15) is 6.04 Å². The average Bonchev–Trinajstić information content (AvgIpc) is 2.76. The zero-order valence-electron chi connectivity index (χ0n) is 16.1. The first-order valence-corrected chi connectivity index (χ1v) is 9.08. The lowest BCUT2D eigenvalue weighted by Gasteiger charge is -2.14. The number of hydroxylamine groups is 1. The zero-order chi connectivity index (χ0) is 21.9. The van der Waals surface area contributed by atoms with Gasteiger partial charge in [0.05, 0.1) is 6.54 Å². The summed E-state index contributed by atoms with van der Waals surface area (Å²) < 4.78 is 0. The van der Waals surface area contributed by atoms with Gasteiger partial charge in [-0.2, -0.15) is 0 Å². The van der Waals surface area contributed by atoms with Gasteiger partial charge in [0, 0.05) is 29.8 Å². The highest BCUT2D eigenvalue weighted by molar-refractivity contribution is 5.97. The van der Waals surface area contributed by atoms with Gasteiger partial charge in [-0.15, -0.1) is 0 Å². The summed E-state index contributed by atoms with van der Waals surface area (Å²) in [6, 6.07) is 13.1. The van der Waals surface area contributed by atoms with Crippen molar-refractivity contribution in [1.82, 2.24) is 16.1 Å². The van der Waals surface area contributed by atoms with Crippen LogP contribution in [0.15, 0.2) is 48.5 Å². The standard InChI is InChI=1S/C21H23N5O4.CH4/c22-11-18(21(29)26-30)25-20(28)17-9-7-15(8-10-17)2-1-14-3-5-16(6-4-14)12-24-13-19(23)27;/h3-10,18,24,30H,11-13,22H2,(H2,23,27)(H,25,28)(H,26,29);1H4/t18-;/m0./s1. The fourth-order valence-corrected chi connectivity index (χ4v) is 2.44. The van der Waals surface area contributed by atoms with E-state index in [1.807, 2.05) is 24.3 Å². The second-order valence-corrected chi connectivity index (χ2v) is 6.33. The summed E-state index contributed by atoms with van der Waals surface area (Å²) in [6.07, 6.45) is 0. The molecule has 8 N–H and O–H groups in total. The highest BCUT2D eigenvalue weighted by Crippen LogP contribution is 2.06. The SMILES string of the molecule is C.NC[C@H](NC(=O)c1ccc(C#Cc2ccc(CNCC(N)=O)cc2)cc1)C(=O)NO. The molecule has 2 aromatic rings. The number of hydrogen-bond donors (Lipinski definition) is 6. The van der Waals surface area contributed by atoms with Crippen LogP contribution < -0.4 is 27.6 Å². The summed E-state index contributed by atoms with van der Waals surface area (Å²) in [4.78, 5) is 34.3. The second-order valence-electron chi connectivity index (χ2n) is 6.33. The molecule has 2 aromatic carbocycles. The highest BCUT2D eigenvalue weighted by Gasteiger charge is 2.19. The van der Waals surface area contributed by atoms with Crippen LogP contribution in [0, 0.1) is 11.8 Å². The largest absolute Gasteiger partial charge is 0.369 e. The van der Waals surface area contributed by atoms with Crippen LogP contribution in [-0.4, -0.2) is 42.1 Å². The molecule has 0 spiro atoms. The number of hydrogen-bond acceptors (Lipinski definition) is 6. The fraction of sp³-hybridized carbons (Fsp3) is 0.227. The molecule has 0 radical (unpaired) electrons. The van der Waals surface area contributed by atoms with Crippen LogP contribution in [-0.2, 0) is 16.1 Å². The third-order valence-electron chi connectivity index (χ3n) is 4.05. The number of carbonyl (C=O) groups is 3. The van der Waals surface area contributed by atoms with Gasteiger partial charge < -0.3 is 22.1 Å². The summed E-state index contributed by atoms with van der Waals surface area (Å²) in [5.74, 6) is 4.35. The quantitative estimate of drug-likeness (QED) is 0.196. The molecule has 0 unspecified atom stereocenters. The van der Waals surface area contributed by atoms with Crippen LogP contribution in [0.25, 0.3) is 0 Å². The molecular formula is C22H27N5O4. The van der Waals surface area contributed by atoms with Gasteiger partial charge >= 0.3 is 0 Å². The van der Waals surface area contributed by atoms with E-state index in [1.54, 1.807) is 24.3 Å². The van der Waals surface area contributed by atoms with Crippen molar-refractivity contribution in [2.75, 3.05) is 13.1 Å². The molecule has 2 rings (SSSR count). The topological polar surface area (TPSA) is 160 Å². The maximum Gasteiger partial charge on any atom is 0.267 e. The zero-order valence-corrected chi connectivity index (χ0v) is 16.1. The molecule has 0 saturated heterocycles. The Morgan fingerprint density at radius 1 is 0.968 bits per heavy atom. The van der Waals surface area contributed by atoms with E-state index < -0.39 is 23.8 Å². The molecule has 3 amide bonds. The highest BCUT2D eigenvalue weighted by atomic mass is 16.5. The van der Waals surface area contributed by atoms with E-state index in [-0.39, 0.29) is 20.5 Å². The molecule has 0 fully saturated rings. The number of rotatable bonds is 8. The average molecular weight is 425 g/mol. The molecule has 0 aliphatic heterocycles. The van der Waals surface area contributed by atoms with Gasteiger partial charge in [-0.1, -0.05) is 31.4 Å². The van der Waals surface area contributed by atoms with E-state index in [0.29, 0.717) is 17.7 Å². The Hall–Kier alpha value is -3.71. The molecule has 164 valence electrons. The normalized spacial score (nSPS) is 10.6. The van der Waals surface area contributed by atoms with Crippen molar-refractivity contribution < 1.29 is 19.6 Å². The molecule has 31 heavy (non-hydrogen) atoms. The molecule has 1 atom stereocenters. The second kappa shape index (κ2) is 12.8. The third-order valence-corrected chi connectivity index (χ3v) is 4.05. The number of carbonyl (C=O) groups excluding carboxylic acids is 3. The molecule has 0 aromatic heterocycles. The monoisotopic (exact) mass is 425 g/mol. The van der Waals surface area contributed by atoms with E-state index in [0.717, 1.165) is 11.1 Å². The van der Waals surface area contributed by atoms with E-state index in [1.165, 1.54) is 5.48 Å². The number of amides is 3. The molecule has 0 aliphatic carbocycles. The van der Waals surface area contributed by atoms with Crippen molar-refractivity contribution in [3.63, 3.8) is 0 Å². The molecule has 0 bridgehead atoms. The minimum absolute atomic E-state index is 0. The summed E-state index contributed by atoms with van der Waals surface area (Å²) in [6.45, 7) is 0.504. The van der Waals surface area contributed by atoms with Crippen molar-refractivity contribution in [3.8, 4) is 11.8 Å². The van der Waals surface area contributed by atoms with Gasteiger partial charge in [0.2, 0.25) is 5.91 Å². The van der Waals surface area contributed by atoms with E-state index in [4.69, 9.17) is 16.7 Å². The number of benzene rings is 2. The number of primary amides is 1. The van der Waals surface area contributed by atoms with Crippen molar-refractivity contribution >= 4 is 17.7 Å². The number of nitrogens with one attached hydrogen (secondary N) is 3. The summed E-state index contributed by atoms with van der Waals surface area (Å²) >= 11 is 0. The predicted octanol–water partition coefficient (Wildman–Crippen LogP) is -0.140. The Kier molecular flexibility index (Phi) is 10.4. The lowest BCUT2D eigenvalue weighted by atomic mass is 10.1. The third kappa shape index (κ3) is 8.28. The smallest absolute Gasteiger partial charge is 0.267 e. The van der Waals surface area contributed by atoms with Crippen LogP contribution in [0.2, 0.25) is 0 Å². The van der Waals surface area contributed by atoms with Crippen molar-refractivity contribution in [2.45, 2.75) is 20.0 Å². The first-order chi connectivity index (χ1) is 14.4. The van der Waals surface area contributed by atoms with Crippen LogP contribution in [0.3, 0.4) is 0 Å². The van der Waals surface area contributed by atoms with Gasteiger partial charge in [-0.25, -0.2) is 5.48 Å². The summed E-state index contributed by atoms with van der Waals surface area (Å²) in [5.41, 5.74) is 14.8. The fourth-order valence-electron chi connectivity index (χ4n) is 2.44. The summed E-state index contributed by atoms with van der Waals surface area (Å²) in [5, 5.41) is 14.0. The molecule has 0 saturated carbocycles. The van der Waals surface area contributed by atoms with Gasteiger partial charge in [-0.3, -0.25) is 19.6 Å². The van der Waals surface area contributed by atoms with Gasteiger partial charge in [0.25, 0.3) is 11.8 Å². The predicted molar refractivity (Wildman–Crippen MR) is 117 cm³/mol. The summed E-state index contributed by atoms with van der Waals surface area (Å²) in [7, 11) is 0. The van der Waals surface area contributed by atoms with E-state index >= 15 is 0 Å². The van der Waals surface area contributed by atoms with E-state index in [9.17, 15) is 14.4 Å². The van der Waals surface area contributed by atoms with Crippen LogP contribution in [0.5, 0.6) is 0 Å². The Morgan fingerprint density at radius 3 is 2.00 bits per heavy atom. The lowest BCUT2D eigenvalue weighted by Crippen LogP contribution is -2.50. The Labute approximate surface area is 181 Å².